The third kappa shape index (κ3) is 4.76. The van der Waals surface area contributed by atoms with Gasteiger partial charge < -0.3 is 0 Å². The largest absolute Gasteiger partial charge is 0.312 e. The second-order valence-electron chi connectivity index (χ2n) is 8.78. The maximum atomic E-state index is 13.5. The molecule has 170 valence electrons. The van der Waals surface area contributed by atoms with Gasteiger partial charge in [-0.05, 0) is 61.6 Å². The molecule has 1 fully saturated rings. The van der Waals surface area contributed by atoms with Crippen LogP contribution in [-0.2, 0) is 4.79 Å². The van der Waals surface area contributed by atoms with Gasteiger partial charge in [0.2, 0.25) is 0 Å². The molecule has 8 heteroatoms. The first-order chi connectivity index (χ1) is 15.3. The van der Waals surface area contributed by atoms with Gasteiger partial charge in [-0.3, -0.25) is 9.80 Å². The van der Waals surface area contributed by atoms with E-state index in [1.807, 2.05) is 35.3 Å². The lowest BCUT2D eigenvalue weighted by Crippen LogP contribution is -2.61. The Morgan fingerprint density at radius 2 is 1.72 bits per heavy atom. The van der Waals surface area contributed by atoms with Crippen molar-refractivity contribution < 1.29 is 9.39 Å². The summed E-state index contributed by atoms with van der Waals surface area (Å²) in [6.45, 7) is 3.95. The van der Waals surface area contributed by atoms with Crippen molar-refractivity contribution in [2.45, 2.75) is 38.6 Å². The van der Waals surface area contributed by atoms with Crippen LogP contribution in [0.4, 0.5) is 5.69 Å². The van der Waals surface area contributed by atoms with E-state index in [4.69, 9.17) is 39.9 Å². The molecule has 2 aromatic carbocycles. The van der Waals surface area contributed by atoms with E-state index in [1.165, 1.54) is 6.42 Å². The van der Waals surface area contributed by atoms with E-state index in [-0.39, 0.29) is 17.9 Å². The van der Waals surface area contributed by atoms with Crippen LogP contribution in [0, 0.1) is 5.92 Å². The highest BCUT2D eigenvalue weighted by Crippen LogP contribution is 2.43. The second kappa shape index (κ2) is 9.60. The van der Waals surface area contributed by atoms with E-state index in [0.717, 1.165) is 43.6 Å². The summed E-state index contributed by atoms with van der Waals surface area (Å²) in [5.41, 5.74) is 5.52. The molecule has 32 heavy (non-hydrogen) atoms. The van der Waals surface area contributed by atoms with E-state index in [9.17, 15) is 4.79 Å². The lowest BCUT2D eigenvalue weighted by atomic mass is 9.87. The van der Waals surface area contributed by atoms with Gasteiger partial charge in [0.25, 0.3) is 0 Å². The summed E-state index contributed by atoms with van der Waals surface area (Å²) < 4.78 is 0.543. The summed E-state index contributed by atoms with van der Waals surface area (Å²) >= 11 is 18.8. The number of anilines is 1. The van der Waals surface area contributed by atoms with Crippen molar-refractivity contribution in [2.24, 2.45) is 11.0 Å². The lowest BCUT2D eigenvalue weighted by Gasteiger charge is -2.36. The molecule has 2 atom stereocenters. The van der Waals surface area contributed by atoms with E-state index < -0.39 is 0 Å². The minimum Gasteiger partial charge on any atom is -0.263 e. The fourth-order valence-electron chi connectivity index (χ4n) is 4.73. The molecule has 2 aromatic rings. The third-order valence-corrected chi connectivity index (χ3v) is 7.22. The van der Waals surface area contributed by atoms with Crippen LogP contribution < -0.4 is 10.4 Å². The van der Waals surface area contributed by atoms with Crippen molar-refractivity contribution >= 4 is 52.1 Å². The molecule has 1 amide bonds. The molecule has 1 saturated heterocycles. The maximum absolute atomic E-state index is 13.5. The predicted molar refractivity (Wildman–Crippen MR) is 132 cm³/mol. The van der Waals surface area contributed by atoms with Gasteiger partial charge in [0.1, 0.15) is 18.8 Å². The number of nitrogens with zero attached hydrogens (tertiary/aromatic N) is 3. The topological polar surface area (TPSA) is 44.7 Å². The Bertz CT molecular complexity index is 1020. The lowest BCUT2D eigenvalue weighted by molar-refractivity contribution is -0.947. The Balaban J connectivity index is 1.73. The van der Waals surface area contributed by atoms with Crippen LogP contribution in [0.5, 0.6) is 0 Å². The van der Waals surface area contributed by atoms with Gasteiger partial charge in [-0.1, -0.05) is 53.9 Å². The number of quaternary nitrogens is 1. The highest BCUT2D eigenvalue weighted by molar-refractivity contribution is 6.40. The van der Waals surface area contributed by atoms with Crippen molar-refractivity contribution in [1.29, 1.82) is 0 Å². The van der Waals surface area contributed by atoms with Gasteiger partial charge >= 0.3 is 5.91 Å². The Labute approximate surface area is 204 Å². The fourth-order valence-corrected chi connectivity index (χ4v) is 5.35. The first-order valence-electron chi connectivity index (χ1n) is 11.1. The van der Waals surface area contributed by atoms with Crippen LogP contribution in [-0.4, -0.2) is 36.3 Å². The van der Waals surface area contributed by atoms with Gasteiger partial charge in [0.15, 0.2) is 0 Å². The molecule has 0 spiro atoms. The summed E-state index contributed by atoms with van der Waals surface area (Å²) in [5.74, 6) is -0.216. The van der Waals surface area contributed by atoms with Crippen LogP contribution in [0.15, 0.2) is 47.6 Å². The maximum Gasteiger partial charge on any atom is 0.312 e. The van der Waals surface area contributed by atoms with E-state index in [2.05, 4.69) is 19.4 Å². The molecular formula is C24H28Cl3N4O+. The van der Waals surface area contributed by atoms with Crippen molar-refractivity contribution in [2.75, 3.05) is 25.1 Å². The SMILES string of the molecule is CCC1C(C(=O)N[N+]2(C)CCCCC2)=NN(c2ccc(Cl)cc2Cl)C1c1ccc(Cl)cc1. The highest BCUT2D eigenvalue weighted by atomic mass is 35.5. The monoisotopic (exact) mass is 493 g/mol. The number of carbonyl (C=O) groups excluding carboxylic acids is 1. The molecule has 0 aliphatic carbocycles. The zero-order valence-electron chi connectivity index (χ0n) is 18.3. The number of nitrogens with one attached hydrogen (secondary N) is 1. The predicted octanol–water partition coefficient (Wildman–Crippen LogP) is 6.25. The number of hydrazone groups is 1. The fraction of sp³-hybridized carbons (Fsp3) is 0.417. The number of likely N-dealkylation sites (tertiary alicyclic amines) is 1. The summed E-state index contributed by atoms with van der Waals surface area (Å²) in [4.78, 5) is 13.5. The molecule has 2 aliphatic rings. The van der Waals surface area contributed by atoms with E-state index >= 15 is 0 Å². The Hall–Kier alpha value is -1.79. The average molecular weight is 495 g/mol. The zero-order valence-corrected chi connectivity index (χ0v) is 20.6. The zero-order chi connectivity index (χ0) is 22.9. The van der Waals surface area contributed by atoms with Crippen LogP contribution in [0.3, 0.4) is 0 Å². The van der Waals surface area contributed by atoms with Gasteiger partial charge in [-0.2, -0.15) is 10.5 Å². The summed E-state index contributed by atoms with van der Waals surface area (Å²) in [6, 6.07) is 12.9. The Kier molecular flexibility index (Phi) is 7.01. The number of hydrogen-bond acceptors (Lipinski definition) is 3. The molecule has 5 nitrogen and oxygen atoms in total. The van der Waals surface area contributed by atoms with E-state index in [1.54, 1.807) is 12.1 Å². The van der Waals surface area contributed by atoms with Crippen LogP contribution >= 0.6 is 34.8 Å². The molecule has 0 saturated carbocycles. The normalized spacial score (nSPS) is 22.5. The number of rotatable bonds is 5. The Morgan fingerprint density at radius 1 is 1.06 bits per heavy atom. The molecule has 0 bridgehead atoms. The first kappa shape index (κ1) is 23.4. The van der Waals surface area contributed by atoms with Gasteiger partial charge in [-0.15, -0.1) is 0 Å². The minimum atomic E-state index is -0.177. The van der Waals surface area contributed by atoms with Crippen LogP contribution in [0.2, 0.25) is 15.1 Å². The number of halogens is 3. The minimum absolute atomic E-state index is 0.0979. The van der Waals surface area contributed by atoms with Crippen molar-refractivity contribution in [3.8, 4) is 0 Å². The first-order valence-corrected chi connectivity index (χ1v) is 12.2. The van der Waals surface area contributed by atoms with Crippen LogP contribution in [0.1, 0.15) is 44.2 Å². The van der Waals surface area contributed by atoms with Crippen molar-refractivity contribution in [1.82, 2.24) is 5.43 Å². The number of piperidine rings is 1. The molecular weight excluding hydrogens is 467 g/mol. The molecule has 2 heterocycles. The number of hydrogen-bond donors (Lipinski definition) is 1. The van der Waals surface area contributed by atoms with Crippen molar-refractivity contribution in [3.63, 3.8) is 0 Å². The van der Waals surface area contributed by atoms with E-state index in [0.29, 0.717) is 25.4 Å². The number of amides is 1. The molecule has 0 aromatic heterocycles. The van der Waals surface area contributed by atoms with Crippen molar-refractivity contribution in [3.05, 3.63) is 63.1 Å². The second-order valence-corrected chi connectivity index (χ2v) is 10.1. The van der Waals surface area contributed by atoms with Gasteiger partial charge in [-0.25, -0.2) is 4.59 Å². The molecule has 0 radical (unpaired) electrons. The van der Waals surface area contributed by atoms with Gasteiger partial charge in [0.05, 0.1) is 23.8 Å². The summed E-state index contributed by atoms with van der Waals surface area (Å²) in [7, 11) is 2.08. The molecule has 1 N–H and O–H groups in total. The summed E-state index contributed by atoms with van der Waals surface area (Å²) in [6.07, 6.45) is 4.19. The average Bonchev–Trinajstić information content (AvgIpc) is 3.14. The molecule has 2 unspecified atom stereocenters. The molecule has 4 rings (SSSR count). The standard InChI is InChI=1S/C24H27Cl3N4O/c1-3-19-22(24(32)29-31(2)13-5-4-6-14-31)28-30(21-12-11-18(26)15-20(21)27)23(19)16-7-9-17(25)10-8-16/h7-12,15,19,23H,3-6,13-14H2,1-2H3/p+1. The third-order valence-electron chi connectivity index (χ3n) is 6.43. The van der Waals surface area contributed by atoms with Crippen LogP contribution in [0.25, 0.3) is 0 Å². The quantitative estimate of drug-likeness (QED) is 0.499. The number of carbonyl (C=O) groups is 1. The smallest absolute Gasteiger partial charge is 0.263 e. The highest BCUT2D eigenvalue weighted by Gasteiger charge is 2.43. The molecule has 2 aliphatic heterocycles. The summed E-state index contributed by atoms with van der Waals surface area (Å²) in [5, 5.41) is 8.42. The number of benzene rings is 2. The van der Waals surface area contributed by atoms with Gasteiger partial charge in [0, 0.05) is 16.0 Å². The Morgan fingerprint density at radius 3 is 2.34 bits per heavy atom.